The predicted molar refractivity (Wildman–Crippen MR) is 105 cm³/mol. The normalized spacial score (nSPS) is 13.6. The molecule has 1 aliphatic carbocycles. The van der Waals surface area contributed by atoms with E-state index in [4.69, 9.17) is 4.84 Å². The fourth-order valence-corrected chi connectivity index (χ4v) is 3.18. The molecule has 1 N–H and O–H groups in total. The summed E-state index contributed by atoms with van der Waals surface area (Å²) < 4.78 is 17.0. The highest BCUT2D eigenvalue weighted by Crippen LogP contribution is 2.28. The minimum absolute atomic E-state index is 0.0735. The van der Waals surface area contributed by atoms with Crippen molar-refractivity contribution in [1.82, 2.24) is 14.6 Å². The van der Waals surface area contributed by atoms with E-state index in [1.165, 1.54) is 24.7 Å². The zero-order valence-corrected chi connectivity index (χ0v) is 17.1. The van der Waals surface area contributed by atoms with Crippen molar-refractivity contribution >= 4 is 28.5 Å². The number of nitrogens with zero attached hydrogens (tertiary/aromatic N) is 2. The molecule has 144 valence electrons. The lowest BCUT2D eigenvalue weighted by atomic mass is 10.0. The van der Waals surface area contributed by atoms with Crippen LogP contribution in [0.25, 0.3) is 0 Å². The van der Waals surface area contributed by atoms with Gasteiger partial charge in [0.25, 0.3) is 11.5 Å². The Morgan fingerprint density at radius 3 is 2.63 bits per heavy atom. The van der Waals surface area contributed by atoms with E-state index in [-0.39, 0.29) is 23.2 Å². The summed E-state index contributed by atoms with van der Waals surface area (Å²) in [7, 11) is 2.74. The quantitative estimate of drug-likeness (QED) is 0.495. The summed E-state index contributed by atoms with van der Waals surface area (Å²) in [6, 6.07) is 4.65. The van der Waals surface area contributed by atoms with Crippen LogP contribution < -0.4 is 16.7 Å². The predicted octanol–water partition coefficient (Wildman–Crippen LogP) is 1.49. The van der Waals surface area contributed by atoms with Crippen LogP contribution in [0.5, 0.6) is 0 Å². The number of carbonyl (C=O) groups excluding carboxylic acids is 1. The van der Waals surface area contributed by atoms with E-state index in [9.17, 15) is 18.8 Å². The van der Waals surface area contributed by atoms with Crippen molar-refractivity contribution in [2.45, 2.75) is 19.3 Å². The summed E-state index contributed by atoms with van der Waals surface area (Å²) >= 11 is 1.99. The Morgan fingerprint density at radius 2 is 2.00 bits per heavy atom. The molecule has 1 aliphatic rings. The second-order valence-electron chi connectivity index (χ2n) is 6.63. The molecule has 2 aromatic rings. The fourth-order valence-electron chi connectivity index (χ4n) is 2.73. The summed E-state index contributed by atoms with van der Waals surface area (Å²) in [5, 5.41) is 0. The van der Waals surface area contributed by atoms with E-state index in [0.717, 1.165) is 21.0 Å². The fraction of sp³-hybridized carbons (Fsp3) is 0.389. The molecule has 7 nitrogen and oxygen atoms in total. The van der Waals surface area contributed by atoms with Crippen LogP contribution in [0, 0.1) is 15.3 Å². The Kier molecular flexibility index (Phi) is 5.80. The molecule has 0 unspecified atom stereocenters. The maximum Gasteiger partial charge on any atom is 0.330 e. The summed E-state index contributed by atoms with van der Waals surface area (Å²) in [4.78, 5) is 42.6. The van der Waals surface area contributed by atoms with E-state index in [1.54, 1.807) is 12.1 Å². The molecule has 1 fully saturated rings. The van der Waals surface area contributed by atoms with Gasteiger partial charge >= 0.3 is 5.69 Å². The highest BCUT2D eigenvalue weighted by atomic mass is 127. The van der Waals surface area contributed by atoms with Crippen LogP contribution in [-0.2, 0) is 25.4 Å². The second kappa shape index (κ2) is 7.93. The van der Waals surface area contributed by atoms with Crippen molar-refractivity contribution in [3.63, 3.8) is 0 Å². The third-order valence-corrected chi connectivity index (χ3v) is 5.24. The lowest BCUT2D eigenvalue weighted by Crippen LogP contribution is -2.44. The number of nitrogens with one attached hydrogen (secondary N) is 1. The molecule has 0 atom stereocenters. The van der Waals surface area contributed by atoms with Crippen molar-refractivity contribution < 1.29 is 14.0 Å². The van der Waals surface area contributed by atoms with Crippen LogP contribution in [0.4, 0.5) is 4.39 Å². The van der Waals surface area contributed by atoms with Crippen LogP contribution in [0.2, 0.25) is 0 Å². The third kappa shape index (κ3) is 4.29. The van der Waals surface area contributed by atoms with Crippen molar-refractivity contribution in [2.24, 2.45) is 20.0 Å². The topological polar surface area (TPSA) is 82.3 Å². The number of hydroxylamine groups is 1. The van der Waals surface area contributed by atoms with Gasteiger partial charge in [0, 0.05) is 29.8 Å². The highest BCUT2D eigenvalue weighted by molar-refractivity contribution is 14.1. The molecule has 1 heterocycles. The third-order valence-electron chi connectivity index (χ3n) is 4.57. The van der Waals surface area contributed by atoms with Gasteiger partial charge in [-0.3, -0.25) is 23.6 Å². The molecule has 1 amide bonds. The molecular formula is C18H19FIN3O4. The van der Waals surface area contributed by atoms with Gasteiger partial charge in [-0.25, -0.2) is 14.7 Å². The lowest BCUT2D eigenvalue weighted by Gasteiger charge is -2.15. The summed E-state index contributed by atoms with van der Waals surface area (Å²) in [6.45, 7) is 0.374. The summed E-state index contributed by atoms with van der Waals surface area (Å²) in [5.74, 6) is -0.784. The molecular weight excluding hydrogens is 468 g/mol. The summed E-state index contributed by atoms with van der Waals surface area (Å²) in [5.41, 5.74) is 1.13. The van der Waals surface area contributed by atoms with E-state index in [1.807, 2.05) is 22.6 Å². The SMILES string of the molecule is Cn1c(Cc2ccc(I)cc2F)c(C(=O)NOCC2CC2)c(=O)n(C)c1=O. The van der Waals surface area contributed by atoms with Gasteiger partial charge in [0.05, 0.1) is 6.61 Å². The first kappa shape index (κ1) is 19.7. The molecule has 3 rings (SSSR count). The lowest BCUT2D eigenvalue weighted by molar-refractivity contribution is 0.0267. The van der Waals surface area contributed by atoms with Crippen LogP contribution in [0.15, 0.2) is 27.8 Å². The van der Waals surface area contributed by atoms with Crippen LogP contribution in [-0.4, -0.2) is 21.6 Å². The van der Waals surface area contributed by atoms with Crippen molar-refractivity contribution in [3.05, 3.63) is 65.2 Å². The molecule has 27 heavy (non-hydrogen) atoms. The zero-order chi connectivity index (χ0) is 19.7. The first-order chi connectivity index (χ1) is 12.8. The van der Waals surface area contributed by atoms with E-state index < -0.39 is 23.0 Å². The molecule has 1 saturated carbocycles. The van der Waals surface area contributed by atoms with Gasteiger partial charge in [-0.15, -0.1) is 0 Å². The number of aromatic nitrogens is 2. The molecule has 0 spiro atoms. The monoisotopic (exact) mass is 487 g/mol. The Bertz CT molecular complexity index is 1010. The number of hydrogen-bond donors (Lipinski definition) is 1. The minimum Gasteiger partial charge on any atom is -0.299 e. The average Bonchev–Trinajstić information content (AvgIpc) is 3.44. The zero-order valence-electron chi connectivity index (χ0n) is 14.9. The Morgan fingerprint density at radius 1 is 1.30 bits per heavy atom. The Labute approximate surface area is 168 Å². The molecule has 1 aromatic carbocycles. The number of rotatable bonds is 6. The average molecular weight is 487 g/mol. The van der Waals surface area contributed by atoms with Gasteiger partial charge in [0.2, 0.25) is 0 Å². The van der Waals surface area contributed by atoms with E-state index >= 15 is 0 Å². The van der Waals surface area contributed by atoms with Crippen molar-refractivity contribution in [1.29, 1.82) is 0 Å². The second-order valence-corrected chi connectivity index (χ2v) is 7.87. The maximum absolute atomic E-state index is 14.3. The molecule has 0 bridgehead atoms. The first-order valence-electron chi connectivity index (χ1n) is 8.44. The molecule has 9 heteroatoms. The summed E-state index contributed by atoms with van der Waals surface area (Å²) in [6.07, 6.45) is 2.03. The van der Waals surface area contributed by atoms with Gasteiger partial charge < -0.3 is 0 Å². The molecule has 1 aromatic heterocycles. The number of carbonyl (C=O) groups is 1. The van der Waals surface area contributed by atoms with Gasteiger partial charge in [0.1, 0.15) is 11.4 Å². The minimum atomic E-state index is -0.744. The Hall–Kier alpha value is -2.01. The Balaban J connectivity index is 2.00. The van der Waals surface area contributed by atoms with Crippen molar-refractivity contribution in [3.8, 4) is 0 Å². The van der Waals surface area contributed by atoms with E-state index in [2.05, 4.69) is 5.48 Å². The molecule has 0 radical (unpaired) electrons. The number of halogens is 2. The van der Waals surface area contributed by atoms with E-state index in [0.29, 0.717) is 12.5 Å². The van der Waals surface area contributed by atoms with Gasteiger partial charge in [-0.2, -0.15) is 0 Å². The van der Waals surface area contributed by atoms with Crippen molar-refractivity contribution in [2.75, 3.05) is 6.61 Å². The largest absolute Gasteiger partial charge is 0.330 e. The van der Waals surface area contributed by atoms with Crippen LogP contribution in [0.1, 0.15) is 34.5 Å². The van der Waals surface area contributed by atoms with Gasteiger partial charge in [-0.1, -0.05) is 6.07 Å². The standard InChI is InChI=1S/C18H19FIN3O4/c1-22-14(7-11-5-6-12(20)8-13(11)19)15(17(25)23(2)18(22)26)16(24)21-27-9-10-3-4-10/h5-6,8,10H,3-4,7,9H2,1-2H3,(H,21,24). The number of amides is 1. The highest BCUT2D eigenvalue weighted by Gasteiger charge is 2.25. The molecule has 0 aliphatic heterocycles. The van der Waals surface area contributed by atoms with Gasteiger partial charge in [0.15, 0.2) is 0 Å². The smallest absolute Gasteiger partial charge is 0.299 e. The number of benzene rings is 1. The number of hydrogen-bond acceptors (Lipinski definition) is 4. The molecule has 0 saturated heterocycles. The first-order valence-corrected chi connectivity index (χ1v) is 9.52. The maximum atomic E-state index is 14.3. The van der Waals surface area contributed by atoms with Gasteiger partial charge in [-0.05, 0) is 59.0 Å². The van der Waals surface area contributed by atoms with Crippen LogP contribution in [0.3, 0.4) is 0 Å². The van der Waals surface area contributed by atoms with Crippen LogP contribution >= 0.6 is 22.6 Å².